The number of hydrogen-bond acceptors (Lipinski definition) is 4. The van der Waals surface area contributed by atoms with Gasteiger partial charge in [0.1, 0.15) is 5.82 Å². The standard InChI is InChI=1S/C12H13N3O2S/c1-8-2-4-10(18(14,16)17)6-11(8)9-3-5-12(13)15-7-9/h2-7H,1H3,(H2,13,15)(H2,14,16,17). The van der Waals surface area contributed by atoms with E-state index < -0.39 is 10.0 Å². The number of pyridine rings is 1. The van der Waals surface area contributed by atoms with Crippen LogP contribution in [0.1, 0.15) is 5.56 Å². The van der Waals surface area contributed by atoms with Crippen molar-refractivity contribution in [2.45, 2.75) is 11.8 Å². The molecule has 2 aromatic rings. The summed E-state index contributed by atoms with van der Waals surface area (Å²) in [7, 11) is -3.70. The Morgan fingerprint density at radius 1 is 1.17 bits per heavy atom. The van der Waals surface area contributed by atoms with Crippen molar-refractivity contribution in [1.29, 1.82) is 0 Å². The summed E-state index contributed by atoms with van der Waals surface area (Å²) in [5.74, 6) is 0.416. The summed E-state index contributed by atoms with van der Waals surface area (Å²) in [6.45, 7) is 1.89. The second-order valence-electron chi connectivity index (χ2n) is 3.99. The molecule has 0 bridgehead atoms. The lowest BCUT2D eigenvalue weighted by Gasteiger charge is -2.08. The van der Waals surface area contributed by atoms with Crippen molar-refractivity contribution in [3.05, 3.63) is 42.1 Å². The van der Waals surface area contributed by atoms with E-state index in [1.807, 2.05) is 6.92 Å². The lowest BCUT2D eigenvalue weighted by Crippen LogP contribution is -2.12. The van der Waals surface area contributed by atoms with Gasteiger partial charge in [-0.2, -0.15) is 0 Å². The molecule has 0 aliphatic heterocycles. The van der Waals surface area contributed by atoms with Gasteiger partial charge in [-0.15, -0.1) is 0 Å². The maximum atomic E-state index is 11.3. The first kappa shape index (κ1) is 12.5. The second kappa shape index (κ2) is 4.40. The molecule has 5 nitrogen and oxygen atoms in total. The first-order valence-corrected chi connectivity index (χ1v) is 6.78. The van der Waals surface area contributed by atoms with Crippen LogP contribution in [0.5, 0.6) is 0 Å². The number of nitrogens with two attached hydrogens (primary N) is 2. The zero-order chi connectivity index (χ0) is 13.3. The Morgan fingerprint density at radius 3 is 2.44 bits per heavy atom. The van der Waals surface area contributed by atoms with Crippen molar-refractivity contribution >= 4 is 15.8 Å². The zero-order valence-electron chi connectivity index (χ0n) is 9.79. The number of nitrogens with zero attached hydrogens (tertiary/aromatic N) is 1. The Kier molecular flexibility index (Phi) is 3.06. The van der Waals surface area contributed by atoms with Gasteiger partial charge in [-0.1, -0.05) is 6.07 Å². The number of benzene rings is 1. The summed E-state index contributed by atoms with van der Waals surface area (Å²) < 4.78 is 22.6. The Morgan fingerprint density at radius 2 is 1.89 bits per heavy atom. The third-order valence-electron chi connectivity index (χ3n) is 2.63. The Hall–Kier alpha value is -1.92. The number of aromatic nitrogens is 1. The summed E-state index contributed by atoms with van der Waals surface area (Å²) in [6, 6.07) is 8.19. The highest BCUT2D eigenvalue weighted by Gasteiger charge is 2.11. The van der Waals surface area contributed by atoms with E-state index in [1.54, 1.807) is 24.4 Å². The third-order valence-corrected chi connectivity index (χ3v) is 3.55. The van der Waals surface area contributed by atoms with E-state index in [0.29, 0.717) is 5.82 Å². The van der Waals surface area contributed by atoms with Gasteiger partial charge >= 0.3 is 0 Å². The minimum absolute atomic E-state index is 0.0833. The molecule has 4 N–H and O–H groups in total. The predicted molar refractivity (Wildman–Crippen MR) is 70.2 cm³/mol. The molecule has 0 aliphatic rings. The summed E-state index contributed by atoms with van der Waals surface area (Å²) in [6.07, 6.45) is 1.60. The van der Waals surface area contributed by atoms with Gasteiger partial charge in [0.25, 0.3) is 0 Å². The number of hydrogen-bond donors (Lipinski definition) is 2. The van der Waals surface area contributed by atoms with E-state index in [4.69, 9.17) is 10.9 Å². The SMILES string of the molecule is Cc1ccc(S(N)(=O)=O)cc1-c1ccc(N)nc1. The van der Waals surface area contributed by atoms with E-state index in [0.717, 1.165) is 16.7 Å². The van der Waals surface area contributed by atoms with Gasteiger partial charge in [0, 0.05) is 11.8 Å². The number of sulfonamides is 1. The lowest BCUT2D eigenvalue weighted by molar-refractivity contribution is 0.598. The number of primary sulfonamides is 1. The van der Waals surface area contributed by atoms with Gasteiger partial charge in [-0.05, 0) is 42.3 Å². The molecule has 0 fully saturated rings. The van der Waals surface area contributed by atoms with Crippen LogP contribution in [0.2, 0.25) is 0 Å². The van der Waals surface area contributed by atoms with Crippen molar-refractivity contribution in [3.63, 3.8) is 0 Å². The molecule has 2 rings (SSSR count). The van der Waals surface area contributed by atoms with Gasteiger partial charge in [0.15, 0.2) is 0 Å². The van der Waals surface area contributed by atoms with E-state index in [2.05, 4.69) is 4.98 Å². The molecule has 0 aliphatic carbocycles. The van der Waals surface area contributed by atoms with Crippen LogP contribution in [0.15, 0.2) is 41.4 Å². The molecule has 0 unspecified atom stereocenters. The van der Waals surface area contributed by atoms with Crippen LogP contribution in [0.3, 0.4) is 0 Å². The molecular formula is C12H13N3O2S. The fraction of sp³-hybridized carbons (Fsp3) is 0.0833. The molecule has 0 spiro atoms. The minimum Gasteiger partial charge on any atom is -0.384 e. The molecule has 94 valence electrons. The van der Waals surface area contributed by atoms with Gasteiger partial charge in [0.2, 0.25) is 10.0 Å². The average Bonchev–Trinajstić information content (AvgIpc) is 2.29. The normalized spacial score (nSPS) is 11.4. The molecule has 0 saturated heterocycles. The molecule has 6 heteroatoms. The fourth-order valence-electron chi connectivity index (χ4n) is 1.65. The first-order valence-electron chi connectivity index (χ1n) is 5.23. The lowest BCUT2D eigenvalue weighted by atomic mass is 10.0. The summed E-state index contributed by atoms with van der Waals surface area (Å²) in [5.41, 5.74) is 8.02. The molecule has 0 atom stereocenters. The van der Waals surface area contributed by atoms with Crippen LogP contribution >= 0.6 is 0 Å². The Bertz CT molecular complexity index is 679. The van der Waals surface area contributed by atoms with Gasteiger partial charge in [-0.25, -0.2) is 18.5 Å². The first-order chi connectivity index (χ1) is 8.38. The number of aryl methyl sites for hydroxylation is 1. The van der Waals surface area contributed by atoms with E-state index in [1.165, 1.54) is 12.1 Å². The van der Waals surface area contributed by atoms with E-state index in [-0.39, 0.29) is 4.90 Å². The zero-order valence-corrected chi connectivity index (χ0v) is 10.6. The fourth-order valence-corrected chi connectivity index (χ4v) is 2.19. The number of nitrogen functional groups attached to an aromatic ring is 1. The summed E-state index contributed by atoms with van der Waals surface area (Å²) >= 11 is 0. The quantitative estimate of drug-likeness (QED) is 0.852. The van der Waals surface area contributed by atoms with Crippen LogP contribution in [0.25, 0.3) is 11.1 Å². The second-order valence-corrected chi connectivity index (χ2v) is 5.55. The molecule has 0 saturated carbocycles. The highest BCUT2D eigenvalue weighted by atomic mass is 32.2. The molecule has 1 aromatic carbocycles. The van der Waals surface area contributed by atoms with E-state index in [9.17, 15) is 8.42 Å². The summed E-state index contributed by atoms with van der Waals surface area (Å²) in [4.78, 5) is 4.07. The van der Waals surface area contributed by atoms with Crippen LogP contribution in [0, 0.1) is 6.92 Å². The topological polar surface area (TPSA) is 99.1 Å². The van der Waals surface area contributed by atoms with E-state index >= 15 is 0 Å². The Labute approximate surface area is 106 Å². The number of anilines is 1. The monoisotopic (exact) mass is 263 g/mol. The van der Waals surface area contributed by atoms with Crippen molar-refractivity contribution in [2.24, 2.45) is 5.14 Å². The highest BCUT2D eigenvalue weighted by molar-refractivity contribution is 7.89. The Balaban J connectivity index is 2.60. The molecule has 18 heavy (non-hydrogen) atoms. The molecule has 1 aromatic heterocycles. The third kappa shape index (κ3) is 2.49. The number of rotatable bonds is 2. The van der Waals surface area contributed by atoms with Gasteiger partial charge in [-0.3, -0.25) is 0 Å². The highest BCUT2D eigenvalue weighted by Crippen LogP contribution is 2.25. The van der Waals surface area contributed by atoms with Crippen LogP contribution < -0.4 is 10.9 Å². The van der Waals surface area contributed by atoms with Crippen LogP contribution in [-0.4, -0.2) is 13.4 Å². The van der Waals surface area contributed by atoms with Crippen molar-refractivity contribution in [2.75, 3.05) is 5.73 Å². The van der Waals surface area contributed by atoms with Crippen LogP contribution in [0.4, 0.5) is 5.82 Å². The smallest absolute Gasteiger partial charge is 0.238 e. The van der Waals surface area contributed by atoms with Gasteiger partial charge < -0.3 is 5.73 Å². The molecule has 0 radical (unpaired) electrons. The van der Waals surface area contributed by atoms with Crippen molar-refractivity contribution in [3.8, 4) is 11.1 Å². The van der Waals surface area contributed by atoms with Crippen molar-refractivity contribution < 1.29 is 8.42 Å². The molecule has 1 heterocycles. The van der Waals surface area contributed by atoms with Crippen molar-refractivity contribution in [1.82, 2.24) is 4.98 Å². The molecular weight excluding hydrogens is 250 g/mol. The predicted octanol–water partition coefficient (Wildman–Crippen LogP) is 1.29. The van der Waals surface area contributed by atoms with Crippen LogP contribution in [-0.2, 0) is 10.0 Å². The minimum atomic E-state index is -3.70. The molecule has 0 amide bonds. The maximum Gasteiger partial charge on any atom is 0.238 e. The average molecular weight is 263 g/mol. The maximum absolute atomic E-state index is 11.3. The summed E-state index contributed by atoms with van der Waals surface area (Å²) in [5, 5.41) is 5.11. The largest absolute Gasteiger partial charge is 0.384 e. The van der Waals surface area contributed by atoms with Gasteiger partial charge in [0.05, 0.1) is 4.90 Å².